The van der Waals surface area contributed by atoms with Crippen LogP contribution in [0.25, 0.3) is 0 Å². The number of hydrazone groups is 1. The van der Waals surface area contributed by atoms with Crippen LogP contribution in [0.4, 0.5) is 5.69 Å². The molecule has 5 heteroatoms. The van der Waals surface area contributed by atoms with Crippen molar-refractivity contribution < 1.29 is 9.90 Å². The lowest BCUT2D eigenvalue weighted by Gasteiger charge is -2.17. The van der Waals surface area contributed by atoms with Gasteiger partial charge in [0.05, 0.1) is 6.21 Å². The second kappa shape index (κ2) is 6.76. The van der Waals surface area contributed by atoms with Crippen LogP contribution in [-0.2, 0) is 4.79 Å². The van der Waals surface area contributed by atoms with E-state index >= 15 is 0 Å². The Morgan fingerprint density at radius 3 is 2.27 bits per heavy atom. The molecule has 0 saturated carbocycles. The monoisotopic (exact) mass is 297 g/mol. The van der Waals surface area contributed by atoms with Crippen molar-refractivity contribution in [3.8, 4) is 0 Å². The Balaban J connectivity index is 2.27. The van der Waals surface area contributed by atoms with Crippen LogP contribution in [0, 0.1) is 13.8 Å². The fraction of sp³-hybridized carbons (Fsp3) is 0.176. The molecule has 0 aliphatic carbocycles. The number of hydrogen-bond acceptors (Lipinski definition) is 4. The van der Waals surface area contributed by atoms with Gasteiger partial charge in [-0.3, -0.25) is 0 Å². The number of aliphatic carboxylic acids is 1. The predicted octanol–water partition coefficient (Wildman–Crippen LogP) is 2.83. The zero-order valence-electron chi connectivity index (χ0n) is 12.6. The number of nitrogens with two attached hydrogens (primary N) is 1. The van der Waals surface area contributed by atoms with Gasteiger partial charge in [0.15, 0.2) is 6.04 Å². The number of hydrogen-bond donors (Lipinski definition) is 3. The van der Waals surface area contributed by atoms with Crippen molar-refractivity contribution in [3.05, 3.63) is 64.7 Å². The lowest BCUT2D eigenvalue weighted by Crippen LogP contribution is -2.20. The van der Waals surface area contributed by atoms with E-state index in [4.69, 9.17) is 5.84 Å². The molecule has 0 bridgehead atoms. The van der Waals surface area contributed by atoms with E-state index in [9.17, 15) is 9.90 Å². The smallest absolute Gasteiger partial charge is 0.330 e. The van der Waals surface area contributed by atoms with E-state index in [0.717, 1.165) is 27.9 Å². The summed E-state index contributed by atoms with van der Waals surface area (Å²) in [6.07, 6.45) is 1.53. The second-order valence-electron chi connectivity index (χ2n) is 5.24. The Bertz CT molecular complexity index is 673. The van der Waals surface area contributed by atoms with Crippen LogP contribution >= 0.6 is 0 Å². The molecule has 2 aromatic rings. The summed E-state index contributed by atoms with van der Waals surface area (Å²) in [7, 11) is 0. The molecule has 0 aliphatic heterocycles. The molecule has 4 N–H and O–H groups in total. The number of nitrogens with one attached hydrogen (secondary N) is 1. The summed E-state index contributed by atoms with van der Waals surface area (Å²) in [5, 5.41) is 16.0. The second-order valence-corrected chi connectivity index (χ2v) is 5.24. The Labute approximate surface area is 129 Å². The zero-order valence-corrected chi connectivity index (χ0v) is 12.6. The highest BCUT2D eigenvalue weighted by molar-refractivity contribution is 5.81. The molecule has 0 saturated heterocycles. The Kier molecular flexibility index (Phi) is 4.78. The molecule has 0 spiro atoms. The van der Waals surface area contributed by atoms with E-state index in [0.29, 0.717) is 0 Å². The molecule has 1 unspecified atom stereocenters. The van der Waals surface area contributed by atoms with E-state index in [1.165, 1.54) is 6.21 Å². The topological polar surface area (TPSA) is 87.7 Å². The molecule has 22 heavy (non-hydrogen) atoms. The molecule has 0 aliphatic rings. The van der Waals surface area contributed by atoms with Gasteiger partial charge in [-0.2, -0.15) is 5.10 Å². The molecule has 0 radical (unpaired) electrons. The van der Waals surface area contributed by atoms with Gasteiger partial charge in [-0.05, 0) is 37.1 Å². The maximum atomic E-state index is 11.6. The SMILES string of the molecule is Cc1cc(C)cc(C(Nc2ccc(C=NN)cc2)C(=O)O)c1. The van der Waals surface area contributed by atoms with Crippen molar-refractivity contribution in [2.75, 3.05) is 5.32 Å². The maximum Gasteiger partial charge on any atom is 0.330 e. The van der Waals surface area contributed by atoms with Crippen LogP contribution in [0.5, 0.6) is 0 Å². The molecule has 2 aromatic carbocycles. The highest BCUT2D eigenvalue weighted by Gasteiger charge is 2.20. The minimum absolute atomic E-state index is 0.723. The van der Waals surface area contributed by atoms with Crippen LogP contribution in [0.1, 0.15) is 28.3 Å². The summed E-state index contributed by atoms with van der Waals surface area (Å²) in [5.41, 5.74) is 4.39. The maximum absolute atomic E-state index is 11.6. The van der Waals surface area contributed by atoms with Crippen molar-refractivity contribution in [1.82, 2.24) is 0 Å². The summed E-state index contributed by atoms with van der Waals surface area (Å²) in [5.74, 6) is 4.18. The first kappa shape index (κ1) is 15.6. The van der Waals surface area contributed by atoms with Gasteiger partial charge in [-0.1, -0.05) is 41.5 Å². The number of carboxylic acids is 1. The van der Waals surface area contributed by atoms with Crippen LogP contribution in [0.3, 0.4) is 0 Å². The van der Waals surface area contributed by atoms with E-state index in [2.05, 4.69) is 10.4 Å². The number of rotatable bonds is 5. The third-order valence-electron chi connectivity index (χ3n) is 3.27. The van der Waals surface area contributed by atoms with Gasteiger partial charge in [0.2, 0.25) is 0 Å². The lowest BCUT2D eigenvalue weighted by molar-refractivity contribution is -0.138. The van der Waals surface area contributed by atoms with Crippen LogP contribution < -0.4 is 11.2 Å². The molecule has 114 valence electrons. The first-order valence-electron chi connectivity index (χ1n) is 6.90. The van der Waals surface area contributed by atoms with Crippen molar-refractivity contribution in [2.45, 2.75) is 19.9 Å². The molecule has 5 nitrogen and oxygen atoms in total. The molecule has 0 fully saturated rings. The predicted molar refractivity (Wildman–Crippen MR) is 88.1 cm³/mol. The standard InChI is InChI=1S/C17H19N3O2/c1-11-7-12(2)9-14(8-11)16(17(21)22)20-15-5-3-13(4-6-15)10-19-18/h3-10,16,20H,18H2,1-2H3,(H,21,22). The summed E-state index contributed by atoms with van der Waals surface area (Å²) in [6.45, 7) is 3.91. The molecule has 2 rings (SSSR count). The Morgan fingerprint density at radius 2 is 1.77 bits per heavy atom. The third kappa shape index (κ3) is 3.85. The molecule has 1 atom stereocenters. The van der Waals surface area contributed by atoms with Gasteiger partial charge >= 0.3 is 5.97 Å². The van der Waals surface area contributed by atoms with Gasteiger partial charge in [-0.25, -0.2) is 4.79 Å². The van der Waals surface area contributed by atoms with Crippen molar-refractivity contribution in [2.24, 2.45) is 10.9 Å². The van der Waals surface area contributed by atoms with Gasteiger partial charge in [0.25, 0.3) is 0 Å². The van der Waals surface area contributed by atoms with E-state index < -0.39 is 12.0 Å². The van der Waals surface area contributed by atoms with Gasteiger partial charge in [-0.15, -0.1) is 0 Å². The van der Waals surface area contributed by atoms with Gasteiger partial charge in [0.1, 0.15) is 0 Å². The number of carbonyl (C=O) groups is 1. The van der Waals surface area contributed by atoms with Crippen LogP contribution in [0.2, 0.25) is 0 Å². The number of anilines is 1. The number of aryl methyl sites for hydroxylation is 2. The molecular formula is C17H19N3O2. The first-order valence-corrected chi connectivity index (χ1v) is 6.90. The minimum Gasteiger partial charge on any atom is -0.479 e. The Hall–Kier alpha value is -2.82. The molecule has 0 heterocycles. The van der Waals surface area contributed by atoms with Gasteiger partial charge < -0.3 is 16.3 Å². The minimum atomic E-state index is -0.919. The fourth-order valence-corrected chi connectivity index (χ4v) is 2.38. The highest BCUT2D eigenvalue weighted by atomic mass is 16.4. The van der Waals surface area contributed by atoms with Gasteiger partial charge in [0, 0.05) is 5.69 Å². The number of nitrogens with zero attached hydrogens (tertiary/aromatic N) is 1. The fourth-order valence-electron chi connectivity index (χ4n) is 2.38. The number of benzene rings is 2. The lowest BCUT2D eigenvalue weighted by atomic mass is 10.0. The van der Waals surface area contributed by atoms with E-state index in [-0.39, 0.29) is 0 Å². The zero-order chi connectivity index (χ0) is 16.1. The van der Waals surface area contributed by atoms with E-state index in [1.807, 2.05) is 44.2 Å². The molecular weight excluding hydrogens is 278 g/mol. The van der Waals surface area contributed by atoms with Crippen LogP contribution in [-0.4, -0.2) is 17.3 Å². The Morgan fingerprint density at radius 1 is 1.18 bits per heavy atom. The normalized spacial score (nSPS) is 12.3. The highest BCUT2D eigenvalue weighted by Crippen LogP contribution is 2.22. The largest absolute Gasteiger partial charge is 0.479 e. The quantitative estimate of drug-likeness (QED) is 0.450. The van der Waals surface area contributed by atoms with Crippen molar-refractivity contribution in [1.29, 1.82) is 0 Å². The molecule has 0 aromatic heterocycles. The first-order chi connectivity index (χ1) is 10.5. The third-order valence-corrected chi connectivity index (χ3v) is 3.27. The number of carboxylic acid groups (broad SMARTS) is 1. The average molecular weight is 297 g/mol. The molecule has 0 amide bonds. The summed E-state index contributed by atoms with van der Waals surface area (Å²) >= 11 is 0. The summed E-state index contributed by atoms with van der Waals surface area (Å²) in [4.78, 5) is 11.6. The average Bonchev–Trinajstić information content (AvgIpc) is 2.45. The summed E-state index contributed by atoms with van der Waals surface area (Å²) in [6, 6.07) is 12.2. The van der Waals surface area contributed by atoms with Crippen LogP contribution in [0.15, 0.2) is 47.6 Å². The van der Waals surface area contributed by atoms with E-state index in [1.54, 1.807) is 12.1 Å². The van der Waals surface area contributed by atoms with Crippen molar-refractivity contribution in [3.63, 3.8) is 0 Å². The summed E-state index contributed by atoms with van der Waals surface area (Å²) < 4.78 is 0. The van der Waals surface area contributed by atoms with Crippen molar-refractivity contribution >= 4 is 17.9 Å².